The summed E-state index contributed by atoms with van der Waals surface area (Å²) in [5, 5.41) is 11.2. The maximum atomic E-state index is 11.4. The summed E-state index contributed by atoms with van der Waals surface area (Å²) >= 11 is 0. The maximum absolute atomic E-state index is 11.4. The Labute approximate surface area is 118 Å². The quantitative estimate of drug-likeness (QED) is 0.670. The molecule has 3 aromatic heterocycles. The molecule has 0 fully saturated rings. The van der Waals surface area contributed by atoms with Crippen LogP contribution in [0.15, 0.2) is 39.5 Å². The van der Waals surface area contributed by atoms with Crippen LogP contribution in [0, 0.1) is 0 Å². The topological polar surface area (TPSA) is 104 Å². The number of hydrogen-bond donors (Lipinski definition) is 0. The Kier molecular flexibility index (Phi) is 3.42. The molecule has 0 aromatic carbocycles. The summed E-state index contributed by atoms with van der Waals surface area (Å²) in [6.45, 7) is 1.92. The van der Waals surface area contributed by atoms with Gasteiger partial charge in [-0.1, -0.05) is 5.16 Å². The van der Waals surface area contributed by atoms with Crippen LogP contribution in [-0.2, 0) is 4.74 Å². The van der Waals surface area contributed by atoms with Gasteiger partial charge in [-0.15, -0.1) is 10.2 Å². The van der Waals surface area contributed by atoms with Crippen LogP contribution in [0.1, 0.15) is 17.6 Å². The normalized spacial score (nSPS) is 10.5. The van der Waals surface area contributed by atoms with Gasteiger partial charge in [0.05, 0.1) is 6.61 Å². The molecule has 21 heavy (non-hydrogen) atoms. The summed E-state index contributed by atoms with van der Waals surface area (Å²) in [5.41, 5.74) is 1.15. The van der Waals surface area contributed by atoms with Gasteiger partial charge in [-0.05, 0) is 19.1 Å². The number of carbonyl (C=O) groups excluding carboxylic acids is 1. The zero-order valence-corrected chi connectivity index (χ0v) is 11.0. The van der Waals surface area contributed by atoms with Crippen LogP contribution < -0.4 is 0 Å². The van der Waals surface area contributed by atoms with Gasteiger partial charge in [0.25, 0.3) is 5.89 Å². The number of carbonyl (C=O) groups is 1. The average Bonchev–Trinajstić information content (AvgIpc) is 3.17. The second-order valence-electron chi connectivity index (χ2n) is 3.95. The highest BCUT2D eigenvalue weighted by molar-refractivity contribution is 5.84. The Morgan fingerprint density at radius 1 is 1.29 bits per heavy atom. The minimum absolute atomic E-state index is 0.0853. The van der Waals surface area contributed by atoms with E-state index in [2.05, 4.69) is 20.3 Å². The average molecular weight is 286 g/mol. The molecule has 8 nitrogen and oxygen atoms in total. The van der Waals surface area contributed by atoms with Gasteiger partial charge in [0, 0.05) is 24.0 Å². The molecule has 0 aliphatic heterocycles. The van der Waals surface area contributed by atoms with Gasteiger partial charge in [0.1, 0.15) is 0 Å². The fourth-order valence-electron chi connectivity index (χ4n) is 1.63. The van der Waals surface area contributed by atoms with E-state index in [9.17, 15) is 4.79 Å². The summed E-state index contributed by atoms with van der Waals surface area (Å²) in [6.07, 6.45) is 3.28. The number of esters is 1. The lowest BCUT2D eigenvalue weighted by atomic mass is 10.2. The minimum Gasteiger partial charge on any atom is -0.459 e. The van der Waals surface area contributed by atoms with E-state index in [1.807, 2.05) is 0 Å². The number of rotatable bonds is 4. The van der Waals surface area contributed by atoms with Crippen molar-refractivity contribution in [3.05, 3.63) is 36.5 Å². The van der Waals surface area contributed by atoms with Gasteiger partial charge in [0.2, 0.25) is 0 Å². The molecular weight excluding hydrogens is 276 g/mol. The highest BCUT2D eigenvalue weighted by atomic mass is 16.5. The van der Waals surface area contributed by atoms with Crippen LogP contribution in [0.4, 0.5) is 0 Å². The lowest BCUT2D eigenvalue weighted by Crippen LogP contribution is -2.04. The molecule has 0 amide bonds. The first kappa shape index (κ1) is 13.0. The van der Waals surface area contributed by atoms with Gasteiger partial charge in [-0.3, -0.25) is 4.98 Å². The third-order valence-corrected chi connectivity index (χ3v) is 2.57. The van der Waals surface area contributed by atoms with E-state index in [1.165, 1.54) is 0 Å². The molecule has 3 aromatic rings. The van der Waals surface area contributed by atoms with Crippen LogP contribution in [0.2, 0.25) is 0 Å². The zero-order chi connectivity index (χ0) is 14.7. The van der Waals surface area contributed by atoms with Crippen molar-refractivity contribution in [2.24, 2.45) is 0 Å². The standard InChI is InChI=1S/C13H10N4O4/c1-2-19-13(18)12-16-15-11(20-12)9-7-10(21-17-9)8-3-5-14-6-4-8/h3-7H,2H2,1H3. The van der Waals surface area contributed by atoms with Crippen LogP contribution in [-0.4, -0.2) is 32.9 Å². The summed E-state index contributed by atoms with van der Waals surface area (Å²) in [7, 11) is 0. The van der Waals surface area contributed by atoms with E-state index in [1.54, 1.807) is 37.5 Å². The molecule has 0 spiro atoms. The molecule has 3 rings (SSSR count). The number of ether oxygens (including phenoxy) is 1. The number of aromatic nitrogens is 4. The molecule has 0 bridgehead atoms. The molecule has 3 heterocycles. The first-order chi connectivity index (χ1) is 10.3. The van der Waals surface area contributed by atoms with Crippen molar-refractivity contribution in [3.8, 4) is 22.9 Å². The van der Waals surface area contributed by atoms with E-state index < -0.39 is 5.97 Å². The molecule has 0 radical (unpaired) electrons. The second-order valence-corrected chi connectivity index (χ2v) is 3.95. The van der Waals surface area contributed by atoms with E-state index in [-0.39, 0.29) is 18.4 Å². The van der Waals surface area contributed by atoms with Crippen molar-refractivity contribution < 1.29 is 18.5 Å². The number of hydrogen-bond acceptors (Lipinski definition) is 8. The maximum Gasteiger partial charge on any atom is 0.396 e. The van der Waals surface area contributed by atoms with Crippen LogP contribution in [0.3, 0.4) is 0 Å². The molecule has 0 saturated carbocycles. The van der Waals surface area contributed by atoms with Crippen molar-refractivity contribution in [1.82, 2.24) is 20.3 Å². The molecule has 106 valence electrons. The Morgan fingerprint density at radius 3 is 2.86 bits per heavy atom. The summed E-state index contributed by atoms with van der Waals surface area (Å²) in [5.74, 6) is -0.278. The van der Waals surface area contributed by atoms with Gasteiger partial charge >= 0.3 is 11.9 Å². The number of nitrogens with zero attached hydrogens (tertiary/aromatic N) is 4. The van der Waals surface area contributed by atoms with Crippen LogP contribution >= 0.6 is 0 Å². The molecule has 0 N–H and O–H groups in total. The van der Waals surface area contributed by atoms with E-state index in [0.717, 1.165) is 5.56 Å². The minimum atomic E-state index is -0.672. The van der Waals surface area contributed by atoms with Crippen LogP contribution in [0.5, 0.6) is 0 Å². The summed E-state index contributed by atoms with van der Waals surface area (Å²) in [4.78, 5) is 15.4. The van der Waals surface area contributed by atoms with E-state index in [0.29, 0.717) is 11.5 Å². The monoisotopic (exact) mass is 286 g/mol. The molecular formula is C13H10N4O4. The molecule has 0 saturated heterocycles. The molecule has 8 heteroatoms. The SMILES string of the molecule is CCOC(=O)c1nnc(-c2cc(-c3ccncc3)on2)o1. The van der Waals surface area contributed by atoms with Crippen molar-refractivity contribution >= 4 is 5.97 Å². The van der Waals surface area contributed by atoms with Crippen LogP contribution in [0.25, 0.3) is 22.9 Å². The highest BCUT2D eigenvalue weighted by Crippen LogP contribution is 2.24. The van der Waals surface area contributed by atoms with Gasteiger partial charge in [0.15, 0.2) is 11.5 Å². The zero-order valence-electron chi connectivity index (χ0n) is 11.0. The molecule has 0 atom stereocenters. The molecule has 0 unspecified atom stereocenters. The van der Waals surface area contributed by atoms with Crippen molar-refractivity contribution in [3.63, 3.8) is 0 Å². The van der Waals surface area contributed by atoms with E-state index >= 15 is 0 Å². The Bertz CT molecular complexity index is 750. The van der Waals surface area contributed by atoms with Gasteiger partial charge in [-0.25, -0.2) is 4.79 Å². The second kappa shape index (κ2) is 5.53. The predicted octanol–water partition coefficient (Wildman–Crippen LogP) is 1.96. The van der Waals surface area contributed by atoms with Crippen molar-refractivity contribution in [2.45, 2.75) is 6.92 Å². The summed E-state index contributed by atoms with van der Waals surface area (Å²) in [6, 6.07) is 5.20. The fraction of sp³-hybridized carbons (Fsp3) is 0.154. The lowest BCUT2D eigenvalue weighted by Gasteiger charge is -1.93. The largest absolute Gasteiger partial charge is 0.459 e. The first-order valence-corrected chi connectivity index (χ1v) is 6.16. The third-order valence-electron chi connectivity index (χ3n) is 2.57. The third kappa shape index (κ3) is 2.64. The highest BCUT2D eigenvalue weighted by Gasteiger charge is 2.19. The van der Waals surface area contributed by atoms with Crippen molar-refractivity contribution in [2.75, 3.05) is 6.61 Å². The molecule has 0 aliphatic rings. The first-order valence-electron chi connectivity index (χ1n) is 6.16. The van der Waals surface area contributed by atoms with Gasteiger partial charge < -0.3 is 13.7 Å². The van der Waals surface area contributed by atoms with E-state index in [4.69, 9.17) is 13.7 Å². The van der Waals surface area contributed by atoms with Crippen molar-refractivity contribution in [1.29, 1.82) is 0 Å². The Hall–Kier alpha value is -3.03. The summed E-state index contributed by atoms with van der Waals surface area (Å²) < 4.78 is 15.2. The van der Waals surface area contributed by atoms with Gasteiger partial charge in [-0.2, -0.15) is 0 Å². The number of pyridine rings is 1. The fourth-order valence-corrected chi connectivity index (χ4v) is 1.63. The lowest BCUT2D eigenvalue weighted by molar-refractivity contribution is 0.0481. The smallest absolute Gasteiger partial charge is 0.396 e. The molecule has 0 aliphatic carbocycles. The predicted molar refractivity (Wildman–Crippen MR) is 69.0 cm³/mol. The Balaban J connectivity index is 1.85. The Morgan fingerprint density at radius 2 is 2.10 bits per heavy atom.